The summed E-state index contributed by atoms with van der Waals surface area (Å²) in [6.07, 6.45) is 0.844. The number of morpholine rings is 1. The van der Waals surface area contributed by atoms with Crippen LogP contribution < -0.4 is 5.32 Å². The number of carbonyl (C=O) groups excluding carboxylic acids is 3. The van der Waals surface area contributed by atoms with Crippen LogP contribution in [0.3, 0.4) is 0 Å². The number of hydrogen-bond donors (Lipinski definition) is 1. The number of amides is 3. The lowest BCUT2D eigenvalue weighted by Crippen LogP contribution is -2.45. The summed E-state index contributed by atoms with van der Waals surface area (Å²) in [7, 11) is 0. The Bertz CT molecular complexity index is 768. The highest BCUT2D eigenvalue weighted by Crippen LogP contribution is 2.23. The zero-order chi connectivity index (χ0) is 21.0. The van der Waals surface area contributed by atoms with Crippen LogP contribution in [0.4, 0.5) is 10.5 Å². The summed E-state index contributed by atoms with van der Waals surface area (Å²) in [5, 5.41) is 2.85. The van der Waals surface area contributed by atoms with Crippen molar-refractivity contribution in [3.05, 3.63) is 29.8 Å². The molecule has 2 aliphatic rings. The number of anilines is 1. The minimum absolute atomic E-state index is 0.0827. The quantitative estimate of drug-likeness (QED) is 0.838. The van der Waals surface area contributed by atoms with Gasteiger partial charge in [-0.3, -0.25) is 14.5 Å². The van der Waals surface area contributed by atoms with Gasteiger partial charge in [0.15, 0.2) is 0 Å². The molecular formula is C21H29N3O5. The smallest absolute Gasteiger partial charge is 0.410 e. The Kier molecular flexibility index (Phi) is 6.42. The lowest BCUT2D eigenvalue weighted by atomic mass is 10.1. The second-order valence-corrected chi connectivity index (χ2v) is 8.31. The molecule has 2 saturated heterocycles. The highest BCUT2D eigenvalue weighted by atomic mass is 16.6. The fourth-order valence-electron chi connectivity index (χ4n) is 3.48. The van der Waals surface area contributed by atoms with Crippen molar-refractivity contribution in [2.75, 3.05) is 38.2 Å². The van der Waals surface area contributed by atoms with Gasteiger partial charge in [0.1, 0.15) is 11.6 Å². The zero-order valence-electron chi connectivity index (χ0n) is 17.3. The van der Waals surface area contributed by atoms with E-state index in [0.29, 0.717) is 50.5 Å². The number of carbonyl (C=O) groups is 3. The van der Waals surface area contributed by atoms with Gasteiger partial charge in [0.2, 0.25) is 5.91 Å². The molecule has 0 unspecified atom stereocenters. The molecule has 0 radical (unpaired) electrons. The molecule has 2 heterocycles. The van der Waals surface area contributed by atoms with Crippen molar-refractivity contribution in [3.63, 3.8) is 0 Å². The average Bonchev–Trinajstić information content (AvgIpc) is 3.17. The van der Waals surface area contributed by atoms with E-state index < -0.39 is 17.7 Å². The fraction of sp³-hybridized carbons (Fsp3) is 0.571. The SMILES string of the molecule is CC(C)(C)OC(=O)N1CCC[C@H]1C(=O)Nc1cccc(C(=O)N2CCOCC2)c1. The van der Waals surface area contributed by atoms with Crippen LogP contribution in [-0.2, 0) is 14.3 Å². The molecule has 0 saturated carbocycles. The Morgan fingerprint density at radius 2 is 1.86 bits per heavy atom. The monoisotopic (exact) mass is 403 g/mol. The molecule has 3 amide bonds. The van der Waals surface area contributed by atoms with Gasteiger partial charge in [-0.05, 0) is 51.8 Å². The molecular weight excluding hydrogens is 374 g/mol. The highest BCUT2D eigenvalue weighted by Gasteiger charge is 2.36. The van der Waals surface area contributed by atoms with Crippen LogP contribution in [-0.4, -0.2) is 72.2 Å². The molecule has 0 bridgehead atoms. The van der Waals surface area contributed by atoms with Gasteiger partial charge < -0.3 is 19.7 Å². The molecule has 1 aromatic carbocycles. The van der Waals surface area contributed by atoms with Crippen molar-refractivity contribution in [3.8, 4) is 0 Å². The van der Waals surface area contributed by atoms with Crippen LogP contribution in [0.25, 0.3) is 0 Å². The normalized spacial score (nSPS) is 19.8. The molecule has 158 valence electrons. The Labute approximate surface area is 171 Å². The number of rotatable bonds is 3. The zero-order valence-corrected chi connectivity index (χ0v) is 17.3. The molecule has 29 heavy (non-hydrogen) atoms. The molecule has 2 aliphatic heterocycles. The number of nitrogens with one attached hydrogen (secondary N) is 1. The van der Waals surface area contributed by atoms with Gasteiger partial charge in [-0.2, -0.15) is 0 Å². The summed E-state index contributed by atoms with van der Waals surface area (Å²) >= 11 is 0. The van der Waals surface area contributed by atoms with Crippen molar-refractivity contribution in [2.24, 2.45) is 0 Å². The minimum Gasteiger partial charge on any atom is -0.444 e. The van der Waals surface area contributed by atoms with Gasteiger partial charge in [-0.1, -0.05) is 6.07 Å². The van der Waals surface area contributed by atoms with E-state index in [1.54, 1.807) is 49.9 Å². The molecule has 0 aliphatic carbocycles. The molecule has 8 nitrogen and oxygen atoms in total. The first-order valence-corrected chi connectivity index (χ1v) is 10.0. The van der Waals surface area contributed by atoms with Gasteiger partial charge in [-0.15, -0.1) is 0 Å². The minimum atomic E-state index is -0.616. The van der Waals surface area contributed by atoms with E-state index in [-0.39, 0.29) is 11.8 Å². The second kappa shape index (κ2) is 8.82. The molecule has 1 aromatic rings. The molecule has 8 heteroatoms. The number of nitrogens with zero attached hydrogens (tertiary/aromatic N) is 2. The summed E-state index contributed by atoms with van der Waals surface area (Å²) in [6.45, 7) is 8.06. The van der Waals surface area contributed by atoms with E-state index >= 15 is 0 Å². The predicted molar refractivity (Wildman–Crippen MR) is 108 cm³/mol. The highest BCUT2D eigenvalue weighted by molar-refractivity contribution is 5.99. The maximum Gasteiger partial charge on any atom is 0.410 e. The fourth-order valence-corrected chi connectivity index (χ4v) is 3.48. The Balaban J connectivity index is 1.65. The summed E-state index contributed by atoms with van der Waals surface area (Å²) in [5.74, 6) is -0.357. The molecule has 1 atom stereocenters. The first kappa shape index (κ1) is 21.1. The molecule has 1 N–H and O–H groups in total. The number of benzene rings is 1. The maximum atomic E-state index is 12.8. The van der Waals surface area contributed by atoms with Crippen molar-refractivity contribution < 1.29 is 23.9 Å². The molecule has 3 rings (SSSR count). The van der Waals surface area contributed by atoms with Gasteiger partial charge in [0.25, 0.3) is 5.91 Å². The first-order chi connectivity index (χ1) is 13.7. The number of hydrogen-bond acceptors (Lipinski definition) is 5. The average molecular weight is 403 g/mol. The Morgan fingerprint density at radius 1 is 1.14 bits per heavy atom. The van der Waals surface area contributed by atoms with Crippen molar-refractivity contribution in [2.45, 2.75) is 45.3 Å². The third-order valence-electron chi connectivity index (χ3n) is 4.86. The standard InChI is InChI=1S/C21H29N3O5/c1-21(2,3)29-20(27)24-9-5-8-17(24)18(25)22-16-7-4-6-15(14-16)19(26)23-10-12-28-13-11-23/h4,6-7,14,17H,5,8-13H2,1-3H3,(H,22,25)/t17-/m0/s1. The van der Waals surface area contributed by atoms with Crippen LogP contribution in [0.2, 0.25) is 0 Å². The third kappa shape index (κ3) is 5.47. The summed E-state index contributed by atoms with van der Waals surface area (Å²) < 4.78 is 10.7. The largest absolute Gasteiger partial charge is 0.444 e. The second-order valence-electron chi connectivity index (χ2n) is 8.31. The van der Waals surface area contributed by atoms with Crippen molar-refractivity contribution in [1.82, 2.24) is 9.80 Å². The first-order valence-electron chi connectivity index (χ1n) is 10.0. The summed E-state index contributed by atoms with van der Waals surface area (Å²) in [5.41, 5.74) is 0.430. The van der Waals surface area contributed by atoms with Gasteiger partial charge in [0.05, 0.1) is 13.2 Å². The Morgan fingerprint density at radius 3 is 2.55 bits per heavy atom. The summed E-state index contributed by atoms with van der Waals surface area (Å²) in [4.78, 5) is 41.1. The van der Waals surface area contributed by atoms with Gasteiger partial charge in [0, 0.05) is 30.9 Å². The van der Waals surface area contributed by atoms with Crippen molar-refractivity contribution in [1.29, 1.82) is 0 Å². The van der Waals surface area contributed by atoms with Crippen molar-refractivity contribution >= 4 is 23.6 Å². The lowest BCUT2D eigenvalue weighted by Gasteiger charge is -2.28. The molecule has 2 fully saturated rings. The van der Waals surface area contributed by atoms with E-state index in [4.69, 9.17) is 9.47 Å². The van der Waals surface area contributed by atoms with Crippen LogP contribution in [0, 0.1) is 0 Å². The van der Waals surface area contributed by atoms with E-state index in [1.165, 1.54) is 4.90 Å². The van der Waals surface area contributed by atoms with Gasteiger partial charge >= 0.3 is 6.09 Å². The lowest BCUT2D eigenvalue weighted by molar-refractivity contribution is -0.120. The van der Waals surface area contributed by atoms with Crippen LogP contribution >= 0.6 is 0 Å². The Hall–Kier alpha value is -2.61. The molecule has 0 spiro atoms. The van der Waals surface area contributed by atoms with E-state index in [0.717, 1.165) is 6.42 Å². The number of ether oxygens (including phenoxy) is 2. The molecule has 0 aromatic heterocycles. The van der Waals surface area contributed by atoms with E-state index in [2.05, 4.69) is 5.32 Å². The predicted octanol–water partition coefficient (Wildman–Crippen LogP) is 2.50. The summed E-state index contributed by atoms with van der Waals surface area (Å²) in [6, 6.07) is 6.30. The van der Waals surface area contributed by atoms with Crippen LogP contribution in [0.5, 0.6) is 0 Å². The van der Waals surface area contributed by atoms with Crippen LogP contribution in [0.15, 0.2) is 24.3 Å². The number of likely N-dealkylation sites (tertiary alicyclic amines) is 1. The topological polar surface area (TPSA) is 88.2 Å². The maximum absolute atomic E-state index is 12.8. The van der Waals surface area contributed by atoms with E-state index in [9.17, 15) is 14.4 Å². The van der Waals surface area contributed by atoms with Crippen LogP contribution in [0.1, 0.15) is 44.0 Å². The van der Waals surface area contributed by atoms with E-state index in [1.807, 2.05) is 0 Å². The third-order valence-corrected chi connectivity index (χ3v) is 4.86. The van der Waals surface area contributed by atoms with Gasteiger partial charge in [-0.25, -0.2) is 4.79 Å².